The smallest absolute Gasteiger partial charge is 0.182 e. The maximum Gasteiger partial charge on any atom is 0.182 e. The van der Waals surface area contributed by atoms with Gasteiger partial charge in [0.2, 0.25) is 0 Å². The van der Waals surface area contributed by atoms with Crippen molar-refractivity contribution >= 4 is 0 Å². The largest absolute Gasteiger partial charge is 0.317 e. The highest BCUT2D eigenvalue weighted by molar-refractivity contribution is 5.53. The molecule has 1 saturated heterocycles. The van der Waals surface area contributed by atoms with E-state index in [0.29, 0.717) is 5.92 Å². The Morgan fingerprint density at radius 1 is 1.17 bits per heavy atom. The van der Waals surface area contributed by atoms with Gasteiger partial charge in [-0.1, -0.05) is 30.3 Å². The molecule has 0 amide bonds. The van der Waals surface area contributed by atoms with Gasteiger partial charge in [-0.3, -0.25) is 0 Å². The molecule has 0 atom stereocenters. The molecule has 1 fully saturated rings. The van der Waals surface area contributed by atoms with Crippen LogP contribution in [-0.2, 0) is 6.54 Å². The molecule has 94 valence electrons. The summed E-state index contributed by atoms with van der Waals surface area (Å²) in [5.74, 6) is 1.55. The number of tetrazole rings is 1. The predicted octanol–water partition coefficient (Wildman–Crippen LogP) is 1.34. The van der Waals surface area contributed by atoms with Crippen LogP contribution >= 0.6 is 0 Å². The van der Waals surface area contributed by atoms with Gasteiger partial charge in [-0.05, 0) is 42.3 Å². The molecule has 2 heterocycles. The van der Waals surface area contributed by atoms with Crippen molar-refractivity contribution in [3.8, 4) is 11.4 Å². The van der Waals surface area contributed by atoms with Crippen LogP contribution in [0.5, 0.6) is 0 Å². The first-order chi connectivity index (χ1) is 8.93. The fraction of sp³-hybridized carbons (Fsp3) is 0.462. The highest BCUT2D eigenvalue weighted by atomic mass is 15.5. The van der Waals surface area contributed by atoms with Crippen LogP contribution in [0.15, 0.2) is 30.3 Å². The Balaban J connectivity index is 1.79. The third-order valence-electron chi connectivity index (χ3n) is 3.45. The van der Waals surface area contributed by atoms with Gasteiger partial charge in [0.1, 0.15) is 0 Å². The molecule has 0 aliphatic carbocycles. The quantitative estimate of drug-likeness (QED) is 0.884. The van der Waals surface area contributed by atoms with E-state index in [-0.39, 0.29) is 0 Å². The van der Waals surface area contributed by atoms with E-state index in [2.05, 4.69) is 20.8 Å². The number of benzene rings is 1. The second-order valence-corrected chi connectivity index (χ2v) is 4.74. The van der Waals surface area contributed by atoms with Crippen molar-refractivity contribution in [3.63, 3.8) is 0 Å². The molecule has 0 radical (unpaired) electrons. The standard InChI is InChI=1S/C13H17N5/c1-2-4-12(5-3-1)13-15-16-17-18(13)10-11-6-8-14-9-7-11/h1-5,11,14H,6-10H2. The SMILES string of the molecule is c1ccc(-c2nnnn2CC2CCNCC2)cc1. The van der Waals surface area contributed by atoms with E-state index in [0.717, 1.165) is 31.0 Å². The van der Waals surface area contributed by atoms with E-state index in [9.17, 15) is 0 Å². The minimum atomic E-state index is 0.678. The van der Waals surface area contributed by atoms with Gasteiger partial charge >= 0.3 is 0 Å². The lowest BCUT2D eigenvalue weighted by atomic mass is 9.98. The molecule has 1 aromatic heterocycles. The lowest BCUT2D eigenvalue weighted by Gasteiger charge is -2.22. The van der Waals surface area contributed by atoms with E-state index >= 15 is 0 Å². The minimum Gasteiger partial charge on any atom is -0.317 e. The second-order valence-electron chi connectivity index (χ2n) is 4.74. The molecule has 0 spiro atoms. The average molecular weight is 243 g/mol. The van der Waals surface area contributed by atoms with Crippen molar-refractivity contribution in [1.82, 2.24) is 25.5 Å². The Morgan fingerprint density at radius 2 is 1.94 bits per heavy atom. The van der Waals surface area contributed by atoms with Crippen molar-refractivity contribution in [2.24, 2.45) is 5.92 Å². The lowest BCUT2D eigenvalue weighted by molar-refractivity contribution is 0.320. The molecule has 2 aromatic rings. The molecule has 1 aromatic carbocycles. The van der Waals surface area contributed by atoms with Crippen LogP contribution in [0.3, 0.4) is 0 Å². The third-order valence-corrected chi connectivity index (χ3v) is 3.45. The molecule has 0 bridgehead atoms. The fourth-order valence-corrected chi connectivity index (χ4v) is 2.43. The molecular formula is C13H17N5. The van der Waals surface area contributed by atoms with Crippen LogP contribution < -0.4 is 5.32 Å². The Hall–Kier alpha value is -1.75. The molecule has 18 heavy (non-hydrogen) atoms. The maximum absolute atomic E-state index is 4.14. The fourth-order valence-electron chi connectivity index (χ4n) is 2.43. The first-order valence-corrected chi connectivity index (χ1v) is 6.46. The summed E-state index contributed by atoms with van der Waals surface area (Å²) in [5.41, 5.74) is 1.08. The van der Waals surface area contributed by atoms with Crippen LogP contribution in [0.1, 0.15) is 12.8 Å². The number of piperidine rings is 1. The number of nitrogens with one attached hydrogen (secondary N) is 1. The molecule has 1 aliphatic heterocycles. The summed E-state index contributed by atoms with van der Waals surface area (Å²) in [5, 5.41) is 15.5. The average Bonchev–Trinajstić information content (AvgIpc) is 2.89. The predicted molar refractivity (Wildman–Crippen MR) is 68.8 cm³/mol. The van der Waals surface area contributed by atoms with Crippen molar-refractivity contribution in [3.05, 3.63) is 30.3 Å². The Kier molecular flexibility index (Phi) is 3.32. The minimum absolute atomic E-state index is 0.678. The number of aromatic nitrogens is 4. The summed E-state index contributed by atoms with van der Waals surface area (Å²) in [6.45, 7) is 3.12. The topological polar surface area (TPSA) is 55.6 Å². The summed E-state index contributed by atoms with van der Waals surface area (Å²) < 4.78 is 1.94. The third kappa shape index (κ3) is 2.41. The number of rotatable bonds is 3. The van der Waals surface area contributed by atoms with Gasteiger partial charge in [0, 0.05) is 12.1 Å². The molecular weight excluding hydrogens is 226 g/mol. The summed E-state index contributed by atoms with van der Waals surface area (Å²) in [6.07, 6.45) is 2.40. The summed E-state index contributed by atoms with van der Waals surface area (Å²) in [7, 11) is 0. The van der Waals surface area contributed by atoms with Crippen LogP contribution in [0.25, 0.3) is 11.4 Å². The van der Waals surface area contributed by atoms with Crippen LogP contribution in [0.4, 0.5) is 0 Å². The zero-order valence-electron chi connectivity index (χ0n) is 10.3. The summed E-state index contributed by atoms with van der Waals surface area (Å²) in [6, 6.07) is 10.1. The molecule has 0 saturated carbocycles. The highest BCUT2D eigenvalue weighted by Gasteiger charge is 2.17. The zero-order chi connectivity index (χ0) is 12.2. The molecule has 0 unspecified atom stereocenters. The number of hydrogen-bond acceptors (Lipinski definition) is 4. The van der Waals surface area contributed by atoms with E-state index in [4.69, 9.17) is 0 Å². The number of hydrogen-bond donors (Lipinski definition) is 1. The first kappa shape index (κ1) is 11.3. The monoisotopic (exact) mass is 243 g/mol. The van der Waals surface area contributed by atoms with Gasteiger partial charge in [0.05, 0.1) is 0 Å². The van der Waals surface area contributed by atoms with Gasteiger partial charge in [0.25, 0.3) is 0 Å². The van der Waals surface area contributed by atoms with Crippen LogP contribution in [0, 0.1) is 5.92 Å². The molecule has 5 nitrogen and oxygen atoms in total. The van der Waals surface area contributed by atoms with Gasteiger partial charge < -0.3 is 5.32 Å². The van der Waals surface area contributed by atoms with E-state index in [1.165, 1.54) is 12.8 Å². The molecule has 3 rings (SSSR count). The van der Waals surface area contributed by atoms with E-state index < -0.39 is 0 Å². The Labute approximate surface area is 106 Å². The van der Waals surface area contributed by atoms with Crippen LogP contribution in [-0.4, -0.2) is 33.3 Å². The molecule has 1 aliphatic rings. The van der Waals surface area contributed by atoms with Crippen molar-refractivity contribution in [2.75, 3.05) is 13.1 Å². The Bertz CT molecular complexity index is 487. The second kappa shape index (κ2) is 5.27. The Morgan fingerprint density at radius 3 is 2.72 bits per heavy atom. The highest BCUT2D eigenvalue weighted by Crippen LogP contribution is 2.19. The van der Waals surface area contributed by atoms with Gasteiger partial charge in [-0.2, -0.15) is 0 Å². The van der Waals surface area contributed by atoms with Crippen molar-refractivity contribution in [2.45, 2.75) is 19.4 Å². The summed E-state index contributed by atoms with van der Waals surface area (Å²) in [4.78, 5) is 0. The van der Waals surface area contributed by atoms with Crippen molar-refractivity contribution in [1.29, 1.82) is 0 Å². The first-order valence-electron chi connectivity index (χ1n) is 6.46. The van der Waals surface area contributed by atoms with E-state index in [1.54, 1.807) is 0 Å². The zero-order valence-corrected chi connectivity index (χ0v) is 10.3. The number of nitrogens with zero attached hydrogens (tertiary/aromatic N) is 4. The molecule has 5 heteroatoms. The maximum atomic E-state index is 4.14. The van der Waals surface area contributed by atoms with Crippen LogP contribution in [0.2, 0.25) is 0 Å². The van der Waals surface area contributed by atoms with Gasteiger partial charge in [-0.15, -0.1) is 5.10 Å². The molecule has 1 N–H and O–H groups in total. The van der Waals surface area contributed by atoms with E-state index in [1.807, 2.05) is 35.0 Å². The lowest BCUT2D eigenvalue weighted by Crippen LogP contribution is -2.30. The summed E-state index contributed by atoms with van der Waals surface area (Å²) >= 11 is 0. The van der Waals surface area contributed by atoms with Crippen molar-refractivity contribution < 1.29 is 0 Å². The van der Waals surface area contributed by atoms with Gasteiger partial charge in [0.15, 0.2) is 5.82 Å². The normalized spacial score (nSPS) is 16.9. The van der Waals surface area contributed by atoms with Gasteiger partial charge in [-0.25, -0.2) is 4.68 Å².